The highest BCUT2D eigenvalue weighted by Gasteiger charge is 2.33. The third-order valence-electron chi connectivity index (χ3n) is 5.46. The molecule has 1 aliphatic carbocycles. The van der Waals surface area contributed by atoms with Crippen molar-refractivity contribution in [3.05, 3.63) is 29.6 Å². The molecule has 3 heteroatoms. The lowest BCUT2D eigenvalue weighted by Gasteiger charge is -2.37. The third kappa shape index (κ3) is 2.94. The average Bonchev–Trinajstić information content (AvgIpc) is 2.56. The molecule has 0 spiro atoms. The summed E-state index contributed by atoms with van der Waals surface area (Å²) in [5.41, 5.74) is 7.97. The third-order valence-corrected chi connectivity index (χ3v) is 5.46. The van der Waals surface area contributed by atoms with Crippen molar-refractivity contribution in [2.45, 2.75) is 56.8 Å². The van der Waals surface area contributed by atoms with E-state index in [2.05, 4.69) is 11.0 Å². The van der Waals surface area contributed by atoms with E-state index >= 15 is 0 Å². The second-order valence-corrected chi connectivity index (χ2v) is 6.76. The molecule has 0 atom stereocenters. The fourth-order valence-electron chi connectivity index (χ4n) is 4.07. The van der Waals surface area contributed by atoms with Crippen molar-refractivity contribution in [2.24, 2.45) is 5.73 Å². The standard InChI is InChI=1S/C18H27FN2/c19-16-13-15(18(14-20)9-3-1-4-10-18)7-8-17(16)21-11-5-2-6-12-21/h7-8,13H,1-6,9-12,14,20H2. The highest BCUT2D eigenvalue weighted by molar-refractivity contribution is 5.50. The molecule has 1 aromatic carbocycles. The largest absolute Gasteiger partial charge is 0.369 e. The van der Waals surface area contributed by atoms with E-state index in [1.165, 1.54) is 38.5 Å². The number of rotatable bonds is 3. The zero-order valence-electron chi connectivity index (χ0n) is 12.9. The predicted molar refractivity (Wildman–Crippen MR) is 86.3 cm³/mol. The van der Waals surface area contributed by atoms with Crippen molar-refractivity contribution in [1.82, 2.24) is 0 Å². The number of nitrogens with two attached hydrogens (primary N) is 1. The van der Waals surface area contributed by atoms with Gasteiger partial charge in [-0.25, -0.2) is 4.39 Å². The molecule has 0 radical (unpaired) electrons. The maximum atomic E-state index is 14.6. The lowest BCUT2D eigenvalue weighted by Crippen LogP contribution is -2.37. The molecule has 3 rings (SSSR count). The summed E-state index contributed by atoms with van der Waals surface area (Å²) in [6.45, 7) is 2.60. The lowest BCUT2D eigenvalue weighted by molar-refractivity contribution is 0.300. The number of halogens is 1. The van der Waals surface area contributed by atoms with Crippen molar-refractivity contribution in [3.63, 3.8) is 0 Å². The number of hydrogen-bond donors (Lipinski definition) is 1. The van der Waals surface area contributed by atoms with E-state index in [-0.39, 0.29) is 11.2 Å². The Kier molecular flexibility index (Phi) is 4.48. The molecule has 1 aromatic rings. The Morgan fingerprint density at radius 1 is 1.00 bits per heavy atom. The van der Waals surface area contributed by atoms with Crippen LogP contribution in [0.4, 0.5) is 10.1 Å². The Balaban J connectivity index is 1.85. The van der Waals surface area contributed by atoms with Crippen LogP contribution in [-0.4, -0.2) is 19.6 Å². The van der Waals surface area contributed by atoms with Crippen molar-refractivity contribution in [3.8, 4) is 0 Å². The normalized spacial score (nSPS) is 22.3. The van der Waals surface area contributed by atoms with Gasteiger partial charge in [0.15, 0.2) is 0 Å². The van der Waals surface area contributed by atoms with Gasteiger partial charge in [-0.1, -0.05) is 25.3 Å². The first kappa shape index (κ1) is 14.8. The monoisotopic (exact) mass is 290 g/mol. The van der Waals surface area contributed by atoms with Crippen LogP contribution in [0.15, 0.2) is 18.2 Å². The van der Waals surface area contributed by atoms with Gasteiger partial charge in [-0.15, -0.1) is 0 Å². The van der Waals surface area contributed by atoms with Gasteiger partial charge in [0.2, 0.25) is 0 Å². The fraction of sp³-hybridized carbons (Fsp3) is 0.667. The van der Waals surface area contributed by atoms with E-state index in [0.29, 0.717) is 6.54 Å². The van der Waals surface area contributed by atoms with Crippen LogP contribution in [0.2, 0.25) is 0 Å². The van der Waals surface area contributed by atoms with Gasteiger partial charge < -0.3 is 10.6 Å². The summed E-state index contributed by atoms with van der Waals surface area (Å²) >= 11 is 0. The quantitative estimate of drug-likeness (QED) is 0.912. The van der Waals surface area contributed by atoms with Gasteiger partial charge in [0, 0.05) is 25.0 Å². The van der Waals surface area contributed by atoms with Crippen LogP contribution in [0.1, 0.15) is 56.9 Å². The number of benzene rings is 1. The molecular formula is C18H27FN2. The predicted octanol–water partition coefficient (Wildman–Crippen LogP) is 3.98. The number of anilines is 1. The van der Waals surface area contributed by atoms with Gasteiger partial charge in [0.25, 0.3) is 0 Å². The molecule has 1 saturated carbocycles. The van der Waals surface area contributed by atoms with E-state index in [9.17, 15) is 4.39 Å². The molecule has 1 saturated heterocycles. The van der Waals surface area contributed by atoms with Crippen molar-refractivity contribution in [1.29, 1.82) is 0 Å². The first-order valence-corrected chi connectivity index (χ1v) is 8.50. The van der Waals surface area contributed by atoms with Gasteiger partial charge >= 0.3 is 0 Å². The summed E-state index contributed by atoms with van der Waals surface area (Å²) in [5.74, 6) is -0.0622. The molecule has 2 aliphatic rings. The van der Waals surface area contributed by atoms with Crippen LogP contribution < -0.4 is 10.6 Å². The first-order valence-electron chi connectivity index (χ1n) is 8.50. The topological polar surface area (TPSA) is 29.3 Å². The molecule has 116 valence electrons. The minimum atomic E-state index is -0.0622. The Morgan fingerprint density at radius 3 is 2.29 bits per heavy atom. The van der Waals surface area contributed by atoms with Crippen molar-refractivity contribution >= 4 is 5.69 Å². The SMILES string of the molecule is NCC1(c2ccc(N3CCCCC3)c(F)c2)CCCCC1. The molecule has 21 heavy (non-hydrogen) atoms. The van der Waals surface area contributed by atoms with Gasteiger partial charge in [0.05, 0.1) is 5.69 Å². The van der Waals surface area contributed by atoms with E-state index < -0.39 is 0 Å². The summed E-state index contributed by atoms with van der Waals surface area (Å²) in [6, 6.07) is 5.88. The second-order valence-electron chi connectivity index (χ2n) is 6.76. The van der Waals surface area contributed by atoms with Crippen LogP contribution in [0.5, 0.6) is 0 Å². The number of nitrogens with zero attached hydrogens (tertiary/aromatic N) is 1. The molecule has 2 N–H and O–H groups in total. The van der Waals surface area contributed by atoms with Crippen LogP contribution in [0, 0.1) is 5.82 Å². The Labute approximate surface area is 127 Å². The van der Waals surface area contributed by atoms with Crippen LogP contribution in [-0.2, 0) is 5.41 Å². The number of piperidine rings is 1. The maximum absolute atomic E-state index is 14.6. The number of hydrogen-bond acceptors (Lipinski definition) is 2. The summed E-state index contributed by atoms with van der Waals surface area (Å²) in [7, 11) is 0. The lowest BCUT2D eigenvalue weighted by atomic mass is 9.69. The minimum absolute atomic E-state index is 0.0134. The summed E-state index contributed by atoms with van der Waals surface area (Å²) < 4.78 is 14.6. The van der Waals surface area contributed by atoms with E-state index in [1.54, 1.807) is 6.07 Å². The summed E-state index contributed by atoms with van der Waals surface area (Å²) in [6.07, 6.45) is 9.54. The molecule has 1 heterocycles. The molecule has 0 unspecified atom stereocenters. The molecule has 1 aliphatic heterocycles. The minimum Gasteiger partial charge on any atom is -0.369 e. The molecule has 2 nitrogen and oxygen atoms in total. The second kappa shape index (κ2) is 6.35. The highest BCUT2D eigenvalue weighted by Crippen LogP contribution is 2.40. The van der Waals surface area contributed by atoms with E-state index in [4.69, 9.17) is 5.73 Å². The average molecular weight is 290 g/mol. The van der Waals surface area contributed by atoms with Crippen LogP contribution in [0.25, 0.3) is 0 Å². The molecule has 0 amide bonds. The van der Waals surface area contributed by atoms with Crippen LogP contribution in [0.3, 0.4) is 0 Å². The smallest absolute Gasteiger partial charge is 0.146 e. The van der Waals surface area contributed by atoms with Crippen molar-refractivity contribution in [2.75, 3.05) is 24.5 Å². The highest BCUT2D eigenvalue weighted by atomic mass is 19.1. The first-order chi connectivity index (χ1) is 10.2. The zero-order chi connectivity index (χ0) is 14.7. The zero-order valence-corrected chi connectivity index (χ0v) is 12.9. The Morgan fingerprint density at radius 2 is 1.67 bits per heavy atom. The fourth-order valence-corrected chi connectivity index (χ4v) is 4.07. The molecule has 0 bridgehead atoms. The van der Waals surface area contributed by atoms with Crippen molar-refractivity contribution < 1.29 is 4.39 Å². The van der Waals surface area contributed by atoms with Gasteiger partial charge in [-0.05, 0) is 49.8 Å². The Bertz CT molecular complexity index is 474. The van der Waals surface area contributed by atoms with E-state index in [0.717, 1.165) is 37.2 Å². The maximum Gasteiger partial charge on any atom is 0.146 e. The molecule has 2 fully saturated rings. The van der Waals surface area contributed by atoms with E-state index in [1.807, 2.05) is 6.07 Å². The van der Waals surface area contributed by atoms with Crippen LogP contribution >= 0.6 is 0 Å². The summed E-state index contributed by atoms with van der Waals surface area (Å²) in [4.78, 5) is 2.19. The molecule has 0 aromatic heterocycles. The van der Waals surface area contributed by atoms with Gasteiger partial charge in [0.1, 0.15) is 5.82 Å². The van der Waals surface area contributed by atoms with Gasteiger partial charge in [-0.3, -0.25) is 0 Å². The summed E-state index contributed by atoms with van der Waals surface area (Å²) in [5, 5.41) is 0. The Hall–Kier alpha value is -1.09. The molecular weight excluding hydrogens is 263 g/mol. The van der Waals surface area contributed by atoms with Gasteiger partial charge in [-0.2, -0.15) is 0 Å².